The molecule has 4 nitrogen and oxygen atoms in total. The minimum atomic E-state index is -0.897. The van der Waals surface area contributed by atoms with Gasteiger partial charge in [0.05, 0.1) is 24.7 Å². The van der Waals surface area contributed by atoms with Crippen LogP contribution in [-0.4, -0.2) is 22.8 Å². The molecule has 2 bridgehead atoms. The third-order valence-corrected chi connectivity index (χ3v) is 7.90. The summed E-state index contributed by atoms with van der Waals surface area (Å²) >= 11 is 0. The van der Waals surface area contributed by atoms with Crippen molar-refractivity contribution in [2.75, 3.05) is 0 Å². The number of rotatable bonds is 7. The molecule has 31 heavy (non-hydrogen) atoms. The molecule has 0 aliphatic heterocycles. The Balaban J connectivity index is 1.51. The molecule has 0 aromatic heterocycles. The van der Waals surface area contributed by atoms with Crippen molar-refractivity contribution in [2.45, 2.75) is 65.0 Å². The van der Waals surface area contributed by atoms with Crippen LogP contribution in [0.4, 0.5) is 0 Å². The predicted octanol–water partition coefficient (Wildman–Crippen LogP) is 5.31. The van der Waals surface area contributed by atoms with Crippen molar-refractivity contribution in [3.8, 4) is 0 Å². The van der Waals surface area contributed by atoms with Crippen LogP contribution in [0.3, 0.4) is 0 Å². The van der Waals surface area contributed by atoms with Gasteiger partial charge in [-0.25, -0.2) is 0 Å². The highest BCUT2D eigenvalue weighted by atomic mass is 16.6. The van der Waals surface area contributed by atoms with Crippen LogP contribution in [0.25, 0.3) is 0 Å². The lowest BCUT2D eigenvalue weighted by atomic mass is 9.43. The van der Waals surface area contributed by atoms with Crippen LogP contribution in [-0.2, 0) is 20.9 Å². The van der Waals surface area contributed by atoms with E-state index < -0.39 is 17.6 Å². The fraction of sp³-hybridized carbons (Fsp3) is 0.519. The van der Waals surface area contributed by atoms with Gasteiger partial charge in [-0.2, -0.15) is 0 Å². The molecule has 3 fully saturated rings. The van der Waals surface area contributed by atoms with E-state index in [4.69, 9.17) is 9.47 Å². The molecule has 166 valence electrons. The van der Waals surface area contributed by atoms with E-state index in [2.05, 4.69) is 26.0 Å². The van der Waals surface area contributed by atoms with Crippen molar-refractivity contribution in [3.63, 3.8) is 0 Å². The summed E-state index contributed by atoms with van der Waals surface area (Å²) in [5, 5.41) is 10.7. The van der Waals surface area contributed by atoms with Gasteiger partial charge in [-0.05, 0) is 49.1 Å². The average molecular weight is 423 g/mol. The molecular weight excluding hydrogens is 388 g/mol. The fourth-order valence-electron chi connectivity index (χ4n) is 5.62. The number of aliphatic hydroxyl groups is 1. The highest BCUT2D eigenvalue weighted by Gasteiger charge is 2.65. The smallest absolute Gasteiger partial charge is 0.312 e. The molecule has 2 aromatic rings. The lowest BCUT2D eigenvalue weighted by molar-refractivity contribution is -0.272. The third kappa shape index (κ3) is 4.04. The van der Waals surface area contributed by atoms with Crippen LogP contribution in [0, 0.1) is 23.2 Å². The lowest BCUT2D eigenvalue weighted by Gasteiger charge is -2.65. The van der Waals surface area contributed by atoms with Crippen molar-refractivity contribution >= 4 is 5.97 Å². The van der Waals surface area contributed by atoms with Crippen molar-refractivity contribution in [2.24, 2.45) is 23.2 Å². The maximum atomic E-state index is 13.2. The number of esters is 1. The zero-order valence-corrected chi connectivity index (χ0v) is 19.0. The molecule has 2 aromatic carbocycles. The first-order chi connectivity index (χ1) is 14.7. The first-order valence-corrected chi connectivity index (χ1v) is 11.3. The van der Waals surface area contributed by atoms with Gasteiger partial charge < -0.3 is 14.6 Å². The number of fused-ring (bicyclic) bond motifs is 2. The van der Waals surface area contributed by atoms with Crippen LogP contribution in [0.1, 0.15) is 57.8 Å². The number of aliphatic hydroxyl groups excluding tert-OH is 1. The summed E-state index contributed by atoms with van der Waals surface area (Å²) in [4.78, 5) is 13.2. The number of benzene rings is 2. The van der Waals surface area contributed by atoms with Gasteiger partial charge in [0.15, 0.2) is 0 Å². The first kappa shape index (κ1) is 22.0. The maximum Gasteiger partial charge on any atom is 0.312 e. The summed E-state index contributed by atoms with van der Waals surface area (Å²) in [6.45, 7) is 8.81. The Labute approximate surface area is 185 Å². The molecule has 4 heteroatoms. The summed E-state index contributed by atoms with van der Waals surface area (Å²) in [5.74, 6) is -0.204. The molecule has 0 unspecified atom stereocenters. The Morgan fingerprint density at radius 2 is 1.65 bits per heavy atom. The van der Waals surface area contributed by atoms with Crippen LogP contribution in [0.15, 0.2) is 60.7 Å². The average Bonchev–Trinajstić information content (AvgIpc) is 2.78. The van der Waals surface area contributed by atoms with Gasteiger partial charge >= 0.3 is 5.97 Å². The second-order valence-electron chi connectivity index (χ2n) is 10.1. The largest absolute Gasteiger partial charge is 0.456 e. The number of carbonyl (C=O) groups excluding carboxylic acids is 1. The van der Waals surface area contributed by atoms with E-state index in [1.54, 1.807) is 6.92 Å². The third-order valence-electron chi connectivity index (χ3n) is 7.90. The zero-order valence-electron chi connectivity index (χ0n) is 19.0. The van der Waals surface area contributed by atoms with Crippen LogP contribution in [0.5, 0.6) is 0 Å². The maximum absolute atomic E-state index is 13.2. The van der Waals surface area contributed by atoms with E-state index in [9.17, 15) is 9.90 Å². The molecule has 0 amide bonds. The van der Waals surface area contributed by atoms with E-state index in [1.165, 1.54) is 0 Å². The van der Waals surface area contributed by atoms with Crippen molar-refractivity contribution in [3.05, 3.63) is 71.8 Å². The lowest BCUT2D eigenvalue weighted by Crippen LogP contribution is -2.68. The second kappa shape index (κ2) is 8.40. The Kier molecular flexibility index (Phi) is 5.97. The Morgan fingerprint density at radius 1 is 1.03 bits per heavy atom. The van der Waals surface area contributed by atoms with Crippen molar-refractivity contribution in [1.29, 1.82) is 0 Å². The summed E-state index contributed by atoms with van der Waals surface area (Å²) < 4.78 is 12.6. The molecular formula is C27H34O4. The minimum Gasteiger partial charge on any atom is -0.456 e. The summed E-state index contributed by atoms with van der Waals surface area (Å²) in [6, 6.07) is 19.4. The Hall–Kier alpha value is -2.17. The van der Waals surface area contributed by atoms with E-state index in [0.717, 1.165) is 24.0 Å². The van der Waals surface area contributed by atoms with Crippen LogP contribution in [0.2, 0.25) is 0 Å². The van der Waals surface area contributed by atoms with Crippen molar-refractivity contribution < 1.29 is 19.4 Å². The number of hydrogen-bond donors (Lipinski definition) is 1. The Morgan fingerprint density at radius 3 is 2.26 bits per heavy atom. The SMILES string of the molecule is C[C@H](C(=O)O[C@@]1(C)[C@@H](OCc2ccccc2)C[C@H]2C[C@@H]1C2(C)C)[C@@H](O)c1ccccc1. The fourth-order valence-corrected chi connectivity index (χ4v) is 5.62. The summed E-state index contributed by atoms with van der Waals surface area (Å²) in [5.41, 5.74) is 1.24. The highest BCUT2D eigenvalue weighted by Crippen LogP contribution is 2.64. The standard InChI is InChI=1S/C27H34O4/c1-18(24(28)20-13-9-6-10-14-20)25(29)31-27(4)22-15-21(26(22,2)3)16-23(27)30-17-19-11-7-5-8-12-19/h5-14,18,21-24,28H,15-17H2,1-4H3/t18-,21+,22+,23-,24+,27+/m0/s1. The van der Waals surface area contributed by atoms with E-state index in [0.29, 0.717) is 12.5 Å². The van der Waals surface area contributed by atoms with Crippen LogP contribution < -0.4 is 0 Å². The number of ether oxygens (including phenoxy) is 2. The normalized spacial score (nSPS) is 30.7. The molecule has 3 saturated carbocycles. The first-order valence-electron chi connectivity index (χ1n) is 11.3. The van der Waals surface area contributed by atoms with Gasteiger partial charge in [-0.15, -0.1) is 0 Å². The second-order valence-corrected chi connectivity index (χ2v) is 10.1. The van der Waals surface area contributed by atoms with Gasteiger partial charge in [0, 0.05) is 5.92 Å². The molecule has 5 rings (SSSR count). The molecule has 0 heterocycles. The molecule has 3 aliphatic rings. The monoisotopic (exact) mass is 422 g/mol. The number of carbonyl (C=O) groups is 1. The Bertz CT molecular complexity index is 894. The minimum absolute atomic E-state index is 0.114. The van der Waals surface area contributed by atoms with Gasteiger partial charge in [0.25, 0.3) is 0 Å². The summed E-state index contributed by atoms with van der Waals surface area (Å²) in [6.07, 6.45) is 0.883. The topological polar surface area (TPSA) is 55.8 Å². The van der Waals surface area contributed by atoms with E-state index in [-0.39, 0.29) is 23.4 Å². The molecule has 1 N–H and O–H groups in total. The van der Waals surface area contributed by atoms with Gasteiger partial charge in [0.2, 0.25) is 0 Å². The van der Waals surface area contributed by atoms with Gasteiger partial charge in [-0.1, -0.05) is 74.5 Å². The highest BCUT2D eigenvalue weighted by molar-refractivity contribution is 5.73. The zero-order chi connectivity index (χ0) is 22.2. The van der Waals surface area contributed by atoms with E-state index in [1.807, 2.05) is 55.5 Å². The van der Waals surface area contributed by atoms with Gasteiger partial charge in [-0.3, -0.25) is 4.79 Å². The number of hydrogen-bond acceptors (Lipinski definition) is 4. The van der Waals surface area contributed by atoms with E-state index >= 15 is 0 Å². The summed E-state index contributed by atoms with van der Waals surface area (Å²) in [7, 11) is 0. The molecule has 0 saturated heterocycles. The van der Waals surface area contributed by atoms with Crippen LogP contribution >= 0.6 is 0 Å². The van der Waals surface area contributed by atoms with Crippen molar-refractivity contribution in [1.82, 2.24) is 0 Å². The molecule has 3 aliphatic carbocycles. The molecule has 0 radical (unpaired) electrons. The van der Waals surface area contributed by atoms with Gasteiger partial charge in [0.1, 0.15) is 5.60 Å². The molecule has 6 atom stereocenters. The molecule has 0 spiro atoms. The quantitative estimate of drug-likeness (QED) is 0.615. The predicted molar refractivity (Wildman–Crippen MR) is 120 cm³/mol.